The molecule has 3 aromatic carbocycles. The lowest BCUT2D eigenvalue weighted by molar-refractivity contribution is -0.121. The van der Waals surface area contributed by atoms with E-state index in [1.54, 1.807) is 26.0 Å². The van der Waals surface area contributed by atoms with E-state index in [2.05, 4.69) is 27.6 Å². The van der Waals surface area contributed by atoms with Crippen molar-refractivity contribution in [2.75, 3.05) is 14.2 Å². The highest BCUT2D eigenvalue weighted by Gasteiger charge is 2.16. The zero-order valence-corrected chi connectivity index (χ0v) is 20.6. The van der Waals surface area contributed by atoms with E-state index < -0.39 is 0 Å². The highest BCUT2D eigenvalue weighted by molar-refractivity contribution is 7.98. The summed E-state index contributed by atoms with van der Waals surface area (Å²) in [7, 11) is 3.28. The van der Waals surface area contributed by atoms with Gasteiger partial charge in [-0.25, -0.2) is 0 Å². The van der Waals surface area contributed by atoms with Gasteiger partial charge in [0.15, 0.2) is 11.0 Å². The molecular formula is C27H28N4O3S. The number of carbonyl (C=O) groups is 1. The molecule has 0 bridgehead atoms. The third kappa shape index (κ3) is 6.42. The molecule has 1 aromatic heterocycles. The Hall–Kier alpha value is -3.78. The molecule has 0 aliphatic carbocycles. The van der Waals surface area contributed by atoms with Gasteiger partial charge in [0.25, 0.3) is 0 Å². The summed E-state index contributed by atoms with van der Waals surface area (Å²) in [6.45, 7) is 0.273. The fourth-order valence-electron chi connectivity index (χ4n) is 3.64. The minimum Gasteiger partial charge on any atom is -0.497 e. The van der Waals surface area contributed by atoms with Crippen molar-refractivity contribution in [3.63, 3.8) is 0 Å². The Balaban J connectivity index is 1.46. The molecule has 35 heavy (non-hydrogen) atoms. The Morgan fingerprint density at radius 3 is 2.40 bits per heavy atom. The van der Waals surface area contributed by atoms with Gasteiger partial charge in [-0.05, 0) is 47.9 Å². The predicted octanol–water partition coefficient (Wildman–Crippen LogP) is 4.83. The van der Waals surface area contributed by atoms with Crippen LogP contribution in [0.3, 0.4) is 0 Å². The smallest absolute Gasteiger partial charge is 0.220 e. The van der Waals surface area contributed by atoms with Crippen molar-refractivity contribution in [1.29, 1.82) is 0 Å². The number of aromatic nitrogens is 3. The first-order chi connectivity index (χ1) is 17.2. The minimum absolute atomic E-state index is 0.0568. The van der Waals surface area contributed by atoms with E-state index in [1.807, 2.05) is 71.3 Å². The summed E-state index contributed by atoms with van der Waals surface area (Å²) in [5, 5.41) is 12.6. The van der Waals surface area contributed by atoms with Crippen LogP contribution in [0.4, 0.5) is 0 Å². The van der Waals surface area contributed by atoms with Crippen molar-refractivity contribution in [2.45, 2.75) is 30.3 Å². The third-order valence-corrected chi connectivity index (χ3v) is 6.50. The van der Waals surface area contributed by atoms with Gasteiger partial charge >= 0.3 is 0 Å². The first-order valence-corrected chi connectivity index (χ1v) is 12.3. The zero-order chi connectivity index (χ0) is 24.5. The van der Waals surface area contributed by atoms with Gasteiger partial charge in [-0.15, -0.1) is 10.2 Å². The van der Waals surface area contributed by atoms with Gasteiger partial charge in [0, 0.05) is 17.9 Å². The maximum atomic E-state index is 12.6. The maximum absolute atomic E-state index is 12.6. The number of methoxy groups -OCH3 is 2. The number of nitrogens with one attached hydrogen (secondary N) is 1. The van der Waals surface area contributed by atoms with Crippen molar-refractivity contribution in [1.82, 2.24) is 20.1 Å². The number of benzene rings is 3. The number of hydrogen-bond acceptors (Lipinski definition) is 6. The fraction of sp³-hybridized carbons (Fsp3) is 0.222. The number of nitrogens with zero attached hydrogens (tertiary/aromatic N) is 3. The lowest BCUT2D eigenvalue weighted by Gasteiger charge is -2.12. The lowest BCUT2D eigenvalue weighted by atomic mass is 10.1. The molecule has 0 atom stereocenters. The molecule has 180 valence electrons. The topological polar surface area (TPSA) is 78.3 Å². The molecular weight excluding hydrogens is 460 g/mol. The zero-order valence-electron chi connectivity index (χ0n) is 19.8. The van der Waals surface area contributed by atoms with Gasteiger partial charge in [0.1, 0.15) is 11.5 Å². The van der Waals surface area contributed by atoms with Gasteiger partial charge < -0.3 is 14.8 Å². The predicted molar refractivity (Wildman–Crippen MR) is 137 cm³/mol. The second-order valence-electron chi connectivity index (χ2n) is 7.80. The van der Waals surface area contributed by atoms with Crippen molar-refractivity contribution >= 4 is 17.7 Å². The van der Waals surface area contributed by atoms with Gasteiger partial charge in [-0.1, -0.05) is 60.3 Å². The SMILES string of the molecule is COc1ccc(-n2c(CNC(=O)CCc3ccccc3OC)nnc2SCc2ccccc2)cc1. The number of rotatable bonds is 11. The quantitative estimate of drug-likeness (QED) is 0.305. The summed E-state index contributed by atoms with van der Waals surface area (Å²) in [5.74, 6) is 2.93. The second-order valence-corrected chi connectivity index (χ2v) is 8.74. The molecule has 1 heterocycles. The molecule has 0 fully saturated rings. The average Bonchev–Trinajstić information content (AvgIpc) is 3.33. The highest BCUT2D eigenvalue weighted by atomic mass is 32.2. The van der Waals surface area contributed by atoms with Gasteiger partial charge in [0.2, 0.25) is 5.91 Å². The molecule has 7 nitrogen and oxygen atoms in total. The number of carbonyl (C=O) groups excluding carboxylic acids is 1. The number of amides is 1. The molecule has 8 heteroatoms. The van der Waals surface area contributed by atoms with Crippen LogP contribution in [0.2, 0.25) is 0 Å². The Morgan fingerprint density at radius 2 is 1.66 bits per heavy atom. The van der Waals surface area contributed by atoms with Crippen LogP contribution in [0, 0.1) is 0 Å². The Labute approximate surface area is 209 Å². The van der Waals surface area contributed by atoms with Crippen LogP contribution in [0.15, 0.2) is 84.0 Å². The summed E-state index contributed by atoms with van der Waals surface area (Å²) in [5.41, 5.74) is 3.11. The van der Waals surface area contributed by atoms with E-state index in [0.29, 0.717) is 18.7 Å². The third-order valence-electron chi connectivity index (χ3n) is 5.50. The molecule has 4 aromatic rings. The van der Waals surface area contributed by atoms with Gasteiger partial charge in [0.05, 0.1) is 20.8 Å². The molecule has 4 rings (SSSR count). The van der Waals surface area contributed by atoms with E-state index in [-0.39, 0.29) is 12.5 Å². The van der Waals surface area contributed by atoms with Crippen molar-refractivity contribution in [3.8, 4) is 17.2 Å². The van der Waals surface area contributed by atoms with E-state index in [4.69, 9.17) is 9.47 Å². The van der Waals surface area contributed by atoms with E-state index in [1.165, 1.54) is 5.56 Å². The maximum Gasteiger partial charge on any atom is 0.220 e. The Morgan fingerprint density at radius 1 is 0.914 bits per heavy atom. The van der Waals surface area contributed by atoms with Crippen LogP contribution in [-0.2, 0) is 23.5 Å². The average molecular weight is 489 g/mol. The van der Waals surface area contributed by atoms with Crippen LogP contribution in [0.25, 0.3) is 5.69 Å². The van der Waals surface area contributed by atoms with E-state index in [9.17, 15) is 4.79 Å². The standard InChI is InChI=1S/C27H28N4O3S/c1-33-23-15-13-22(14-16-23)31-25(29-30-27(31)35-19-20-8-4-3-5-9-20)18-28-26(32)17-12-21-10-6-7-11-24(21)34-2/h3-11,13-16H,12,17-19H2,1-2H3,(H,28,32). The Kier molecular flexibility index (Phi) is 8.40. The van der Waals surface area contributed by atoms with Crippen LogP contribution in [-0.4, -0.2) is 34.9 Å². The molecule has 0 saturated carbocycles. The first kappa shape index (κ1) is 24.3. The molecule has 0 saturated heterocycles. The Bertz CT molecular complexity index is 1240. The fourth-order valence-corrected chi connectivity index (χ4v) is 4.57. The first-order valence-electron chi connectivity index (χ1n) is 11.3. The van der Waals surface area contributed by atoms with Gasteiger partial charge in [-0.3, -0.25) is 9.36 Å². The van der Waals surface area contributed by atoms with Gasteiger partial charge in [-0.2, -0.15) is 0 Å². The molecule has 1 N–H and O–H groups in total. The molecule has 0 aliphatic heterocycles. The van der Waals surface area contributed by atoms with Crippen LogP contribution in [0.5, 0.6) is 11.5 Å². The second kappa shape index (κ2) is 12.1. The highest BCUT2D eigenvalue weighted by Crippen LogP contribution is 2.26. The molecule has 0 radical (unpaired) electrons. The summed E-state index contributed by atoms with van der Waals surface area (Å²) < 4.78 is 12.7. The largest absolute Gasteiger partial charge is 0.497 e. The lowest BCUT2D eigenvalue weighted by Crippen LogP contribution is -2.25. The molecule has 0 spiro atoms. The summed E-state index contributed by atoms with van der Waals surface area (Å²) >= 11 is 1.60. The van der Waals surface area contributed by atoms with E-state index in [0.717, 1.165) is 33.7 Å². The number of aryl methyl sites for hydroxylation is 1. The normalized spacial score (nSPS) is 10.7. The molecule has 0 aliphatic rings. The molecule has 0 unspecified atom stereocenters. The van der Waals surface area contributed by atoms with Crippen LogP contribution < -0.4 is 14.8 Å². The number of hydrogen-bond donors (Lipinski definition) is 1. The molecule has 1 amide bonds. The van der Waals surface area contributed by atoms with Crippen molar-refractivity contribution in [3.05, 3.63) is 95.8 Å². The number of ether oxygens (including phenoxy) is 2. The monoisotopic (exact) mass is 488 g/mol. The summed E-state index contributed by atoms with van der Waals surface area (Å²) in [6.07, 6.45) is 0.950. The number of para-hydroxylation sites is 1. The van der Waals surface area contributed by atoms with Crippen LogP contribution in [0.1, 0.15) is 23.4 Å². The summed E-state index contributed by atoms with van der Waals surface area (Å²) in [6, 6.07) is 25.7. The van der Waals surface area contributed by atoms with Crippen LogP contribution >= 0.6 is 11.8 Å². The van der Waals surface area contributed by atoms with Crippen molar-refractivity contribution in [2.24, 2.45) is 0 Å². The van der Waals surface area contributed by atoms with Crippen molar-refractivity contribution < 1.29 is 14.3 Å². The minimum atomic E-state index is -0.0568. The number of thioether (sulfide) groups is 1. The van der Waals surface area contributed by atoms with E-state index >= 15 is 0 Å². The summed E-state index contributed by atoms with van der Waals surface area (Å²) in [4.78, 5) is 12.6.